The van der Waals surface area contributed by atoms with Gasteiger partial charge < -0.3 is 5.32 Å². The van der Waals surface area contributed by atoms with Crippen LogP contribution in [0.25, 0.3) is 0 Å². The Kier molecular flexibility index (Phi) is 5.79. The second-order valence-corrected chi connectivity index (χ2v) is 4.61. The highest BCUT2D eigenvalue weighted by atomic mass is 35.5. The van der Waals surface area contributed by atoms with Gasteiger partial charge in [-0.05, 0) is 24.6 Å². The Morgan fingerprint density at radius 3 is 2.50 bits per heavy atom. The first-order valence-corrected chi connectivity index (χ1v) is 6.43. The van der Waals surface area contributed by atoms with Crippen LogP contribution in [0.1, 0.15) is 38.2 Å². The normalized spacial score (nSPS) is 11.6. The molecule has 0 heterocycles. The van der Waals surface area contributed by atoms with Crippen LogP contribution in [0.4, 0.5) is 18.9 Å². The molecule has 0 aliphatic rings. The van der Waals surface area contributed by atoms with Crippen LogP contribution in [0, 0.1) is 0 Å². The van der Waals surface area contributed by atoms with Gasteiger partial charge in [-0.1, -0.05) is 37.8 Å². The average Bonchev–Trinajstić information content (AvgIpc) is 2.29. The summed E-state index contributed by atoms with van der Waals surface area (Å²) in [4.78, 5) is 0. The Morgan fingerprint density at radius 2 is 1.89 bits per heavy atom. The first-order chi connectivity index (χ1) is 8.45. The van der Waals surface area contributed by atoms with E-state index >= 15 is 0 Å². The van der Waals surface area contributed by atoms with Gasteiger partial charge in [0.2, 0.25) is 0 Å². The van der Waals surface area contributed by atoms with Gasteiger partial charge in [-0.15, -0.1) is 0 Å². The highest BCUT2D eigenvalue weighted by molar-refractivity contribution is 6.30. The summed E-state index contributed by atoms with van der Waals surface area (Å²) in [6.07, 6.45) is -0.272. The molecule has 1 aromatic carbocycles. The molecule has 0 aromatic heterocycles. The zero-order valence-electron chi connectivity index (χ0n) is 10.3. The molecule has 5 heteroatoms. The van der Waals surface area contributed by atoms with E-state index in [1.54, 1.807) is 0 Å². The quantitative estimate of drug-likeness (QED) is 0.692. The van der Waals surface area contributed by atoms with E-state index in [0.29, 0.717) is 6.54 Å². The fourth-order valence-electron chi connectivity index (χ4n) is 1.68. The summed E-state index contributed by atoms with van der Waals surface area (Å²) < 4.78 is 38.3. The number of unbranched alkanes of at least 4 members (excludes halogenated alkanes) is 3. The monoisotopic (exact) mass is 279 g/mol. The lowest BCUT2D eigenvalue weighted by molar-refractivity contribution is -0.136. The maximum atomic E-state index is 12.8. The molecule has 0 radical (unpaired) electrons. The lowest BCUT2D eigenvalue weighted by Crippen LogP contribution is -2.11. The van der Waals surface area contributed by atoms with Crippen LogP contribution >= 0.6 is 11.6 Å². The SMILES string of the molecule is CCCCCCNc1ccc(Cl)cc1C(F)(F)F. The fourth-order valence-corrected chi connectivity index (χ4v) is 1.85. The van der Waals surface area contributed by atoms with Crippen molar-refractivity contribution in [3.63, 3.8) is 0 Å². The number of benzene rings is 1. The summed E-state index contributed by atoms with van der Waals surface area (Å²) in [5, 5.41) is 2.92. The van der Waals surface area contributed by atoms with Crippen molar-refractivity contribution in [1.82, 2.24) is 0 Å². The minimum absolute atomic E-state index is 0.0962. The summed E-state index contributed by atoms with van der Waals surface area (Å²) in [5.41, 5.74) is -0.603. The van der Waals surface area contributed by atoms with Gasteiger partial charge in [0.1, 0.15) is 0 Å². The van der Waals surface area contributed by atoms with E-state index in [4.69, 9.17) is 11.6 Å². The highest BCUT2D eigenvalue weighted by Gasteiger charge is 2.33. The minimum atomic E-state index is -4.38. The maximum Gasteiger partial charge on any atom is 0.418 e. The molecule has 0 bridgehead atoms. The third-order valence-electron chi connectivity index (χ3n) is 2.63. The van der Waals surface area contributed by atoms with Crippen LogP contribution in [-0.4, -0.2) is 6.54 Å². The Labute approximate surface area is 110 Å². The smallest absolute Gasteiger partial charge is 0.385 e. The standard InChI is InChI=1S/C13H17ClF3N/c1-2-3-4-5-8-18-12-7-6-10(14)9-11(12)13(15,16)17/h6-7,9,18H,2-5,8H2,1H3. The maximum absolute atomic E-state index is 12.8. The Morgan fingerprint density at radius 1 is 1.17 bits per heavy atom. The van der Waals surface area contributed by atoms with Crippen LogP contribution in [0.15, 0.2) is 18.2 Å². The molecule has 0 unspecified atom stereocenters. The zero-order chi connectivity index (χ0) is 13.6. The molecule has 1 nitrogen and oxygen atoms in total. The van der Waals surface area contributed by atoms with Crippen molar-refractivity contribution in [3.8, 4) is 0 Å². The van der Waals surface area contributed by atoms with Gasteiger partial charge in [-0.25, -0.2) is 0 Å². The fraction of sp³-hybridized carbons (Fsp3) is 0.538. The van der Waals surface area contributed by atoms with Crippen LogP contribution < -0.4 is 5.32 Å². The molecule has 0 fully saturated rings. The van der Waals surface area contributed by atoms with Crippen LogP contribution in [0.5, 0.6) is 0 Å². The van der Waals surface area contributed by atoms with E-state index in [1.165, 1.54) is 12.1 Å². The van der Waals surface area contributed by atoms with E-state index in [-0.39, 0.29) is 10.7 Å². The van der Waals surface area contributed by atoms with E-state index < -0.39 is 11.7 Å². The van der Waals surface area contributed by atoms with Crippen LogP contribution in [0.2, 0.25) is 5.02 Å². The van der Waals surface area contributed by atoms with E-state index in [0.717, 1.165) is 31.7 Å². The summed E-state index contributed by atoms with van der Waals surface area (Å²) in [6, 6.07) is 3.80. The molecule has 102 valence electrons. The molecular formula is C13H17ClF3N. The van der Waals surface area contributed by atoms with Crippen LogP contribution in [0.3, 0.4) is 0 Å². The predicted octanol–water partition coefficient (Wildman–Crippen LogP) is 5.35. The number of anilines is 1. The highest BCUT2D eigenvalue weighted by Crippen LogP contribution is 2.36. The van der Waals surface area contributed by atoms with E-state index in [9.17, 15) is 13.2 Å². The summed E-state index contributed by atoms with van der Waals surface area (Å²) in [6.45, 7) is 2.64. The summed E-state index contributed by atoms with van der Waals surface area (Å²) >= 11 is 5.60. The number of alkyl halides is 3. The molecule has 0 aliphatic heterocycles. The van der Waals surface area contributed by atoms with Crippen molar-refractivity contribution in [3.05, 3.63) is 28.8 Å². The lowest BCUT2D eigenvalue weighted by atomic mass is 10.1. The third kappa shape index (κ3) is 4.77. The molecule has 0 aliphatic carbocycles. The van der Waals surface area contributed by atoms with Gasteiger partial charge in [0, 0.05) is 17.3 Å². The number of halogens is 4. The molecule has 1 aromatic rings. The topological polar surface area (TPSA) is 12.0 Å². The van der Waals surface area contributed by atoms with Gasteiger partial charge in [0.05, 0.1) is 5.56 Å². The number of hydrogen-bond donors (Lipinski definition) is 1. The van der Waals surface area contributed by atoms with Gasteiger partial charge >= 0.3 is 6.18 Å². The van der Waals surface area contributed by atoms with Gasteiger partial charge in [-0.2, -0.15) is 13.2 Å². The van der Waals surface area contributed by atoms with Gasteiger partial charge in [-0.3, -0.25) is 0 Å². The molecule has 0 saturated carbocycles. The van der Waals surface area contributed by atoms with Crippen molar-refractivity contribution in [1.29, 1.82) is 0 Å². The lowest BCUT2D eigenvalue weighted by Gasteiger charge is -2.14. The number of hydrogen-bond acceptors (Lipinski definition) is 1. The van der Waals surface area contributed by atoms with Gasteiger partial charge in [0.25, 0.3) is 0 Å². The van der Waals surface area contributed by atoms with Gasteiger partial charge in [0.15, 0.2) is 0 Å². The van der Waals surface area contributed by atoms with Crippen molar-refractivity contribution < 1.29 is 13.2 Å². The molecule has 0 amide bonds. The largest absolute Gasteiger partial charge is 0.418 e. The summed E-state index contributed by atoms with van der Waals surface area (Å²) in [7, 11) is 0. The predicted molar refractivity (Wildman–Crippen MR) is 69.1 cm³/mol. The molecule has 18 heavy (non-hydrogen) atoms. The second-order valence-electron chi connectivity index (χ2n) is 4.18. The van der Waals surface area contributed by atoms with Crippen molar-refractivity contribution >= 4 is 17.3 Å². The molecule has 1 N–H and O–H groups in total. The third-order valence-corrected chi connectivity index (χ3v) is 2.87. The minimum Gasteiger partial charge on any atom is -0.385 e. The second kappa shape index (κ2) is 6.88. The molecule has 0 spiro atoms. The van der Waals surface area contributed by atoms with Crippen LogP contribution in [-0.2, 0) is 6.18 Å². The Balaban J connectivity index is 2.65. The molecular weight excluding hydrogens is 263 g/mol. The van der Waals surface area contributed by atoms with E-state index in [2.05, 4.69) is 12.2 Å². The molecule has 0 atom stereocenters. The number of rotatable bonds is 6. The Bertz CT molecular complexity index is 377. The first kappa shape index (κ1) is 15.2. The first-order valence-electron chi connectivity index (χ1n) is 6.05. The molecule has 1 rings (SSSR count). The number of nitrogens with one attached hydrogen (secondary N) is 1. The average molecular weight is 280 g/mol. The Hall–Kier alpha value is -0.900. The van der Waals surface area contributed by atoms with Crippen molar-refractivity contribution in [2.45, 2.75) is 38.8 Å². The zero-order valence-corrected chi connectivity index (χ0v) is 11.0. The molecule has 0 saturated heterocycles. The van der Waals surface area contributed by atoms with E-state index in [1.807, 2.05) is 0 Å². The summed E-state index contributed by atoms with van der Waals surface area (Å²) in [5.74, 6) is 0. The van der Waals surface area contributed by atoms with Crippen molar-refractivity contribution in [2.24, 2.45) is 0 Å². The van der Waals surface area contributed by atoms with Crippen molar-refractivity contribution in [2.75, 3.05) is 11.9 Å².